The Kier molecular flexibility index (Phi) is 5.76. The molecule has 1 aromatic carbocycles. The normalized spacial score (nSPS) is 11.0. The maximum atomic E-state index is 6.00. The number of nitrogen functional groups attached to an aromatic ring is 1. The van der Waals surface area contributed by atoms with Crippen molar-refractivity contribution in [3.63, 3.8) is 0 Å². The Morgan fingerprint density at radius 3 is 2.57 bits per heavy atom. The number of ether oxygens (including phenoxy) is 1. The molecule has 0 spiro atoms. The molecular formula is C22H23N7O. The number of nitrogens with zero attached hydrogens (tertiary/aromatic N) is 6. The zero-order chi connectivity index (χ0) is 20.9. The summed E-state index contributed by atoms with van der Waals surface area (Å²) in [6.07, 6.45) is 2.74. The number of methoxy groups -OCH3 is 1. The molecule has 0 radical (unpaired) electrons. The quantitative estimate of drug-likeness (QED) is 0.507. The Bertz CT molecular complexity index is 1160. The summed E-state index contributed by atoms with van der Waals surface area (Å²) >= 11 is 0. The average molecular weight is 401 g/mol. The summed E-state index contributed by atoms with van der Waals surface area (Å²) in [5.41, 5.74) is 12.0. The number of pyridine rings is 1. The van der Waals surface area contributed by atoms with Gasteiger partial charge < -0.3 is 10.5 Å². The fraction of sp³-hybridized carbons (Fsp3) is 0.227. The third kappa shape index (κ3) is 4.33. The second kappa shape index (κ2) is 8.79. The number of hydrogen-bond acceptors (Lipinski definition) is 7. The molecule has 0 aliphatic carbocycles. The summed E-state index contributed by atoms with van der Waals surface area (Å²) in [5, 5.41) is 8.50. The first-order valence-electron chi connectivity index (χ1n) is 9.73. The molecule has 2 N–H and O–H groups in total. The largest absolute Gasteiger partial charge is 0.378 e. The molecule has 0 amide bonds. The van der Waals surface area contributed by atoms with E-state index in [4.69, 9.17) is 10.5 Å². The first-order chi connectivity index (χ1) is 14.7. The molecule has 4 rings (SSSR count). The van der Waals surface area contributed by atoms with Crippen molar-refractivity contribution in [2.75, 3.05) is 12.8 Å². The van der Waals surface area contributed by atoms with Crippen molar-refractivity contribution in [1.82, 2.24) is 29.9 Å². The van der Waals surface area contributed by atoms with Crippen LogP contribution in [0.25, 0.3) is 22.6 Å². The highest BCUT2D eigenvalue weighted by molar-refractivity contribution is 5.69. The summed E-state index contributed by atoms with van der Waals surface area (Å²) < 4.78 is 6.88. The lowest BCUT2D eigenvalue weighted by Gasteiger charge is -2.08. The predicted octanol–water partition coefficient (Wildman–Crippen LogP) is 3.14. The topological polar surface area (TPSA) is 105 Å². The second-order valence-electron chi connectivity index (χ2n) is 6.86. The first kappa shape index (κ1) is 19.7. The van der Waals surface area contributed by atoms with Gasteiger partial charge in [0.05, 0.1) is 42.1 Å². The van der Waals surface area contributed by atoms with Gasteiger partial charge in [0.1, 0.15) is 5.69 Å². The number of aromatic nitrogens is 6. The number of rotatable bonds is 7. The summed E-state index contributed by atoms with van der Waals surface area (Å²) in [4.78, 5) is 13.4. The van der Waals surface area contributed by atoms with E-state index in [1.807, 2.05) is 48.7 Å². The Balaban J connectivity index is 1.62. The Morgan fingerprint density at radius 1 is 0.933 bits per heavy atom. The van der Waals surface area contributed by atoms with E-state index in [9.17, 15) is 0 Å². The van der Waals surface area contributed by atoms with Crippen LogP contribution in [0.15, 0.2) is 54.7 Å². The van der Waals surface area contributed by atoms with Crippen LogP contribution in [0.1, 0.15) is 23.9 Å². The van der Waals surface area contributed by atoms with Gasteiger partial charge in [-0.1, -0.05) is 42.5 Å². The molecule has 30 heavy (non-hydrogen) atoms. The maximum absolute atomic E-state index is 6.00. The summed E-state index contributed by atoms with van der Waals surface area (Å²) in [5.74, 6) is 0.205. The van der Waals surface area contributed by atoms with Crippen molar-refractivity contribution in [2.45, 2.75) is 26.5 Å². The van der Waals surface area contributed by atoms with Crippen molar-refractivity contribution >= 4 is 5.95 Å². The Labute approximate surface area is 174 Å². The van der Waals surface area contributed by atoms with Gasteiger partial charge in [0.15, 0.2) is 0 Å². The van der Waals surface area contributed by atoms with E-state index < -0.39 is 0 Å². The molecule has 0 aliphatic rings. The molecule has 0 atom stereocenters. The lowest BCUT2D eigenvalue weighted by molar-refractivity contribution is 0.181. The van der Waals surface area contributed by atoms with Crippen LogP contribution in [-0.4, -0.2) is 37.1 Å². The van der Waals surface area contributed by atoms with Crippen LogP contribution >= 0.6 is 0 Å². The standard InChI is InChI=1S/C22H23N7O/c1-3-15-7-4-5-10-18(15)19-11-20(26-22(23)25-19)21-13-29(28-27-21)12-16-8-6-9-17(24-16)14-30-2/h4-11,13H,3,12,14H2,1-2H3,(H2,23,25,26). The molecule has 0 saturated carbocycles. The van der Waals surface area contributed by atoms with Crippen LogP contribution in [0.3, 0.4) is 0 Å². The third-order valence-electron chi connectivity index (χ3n) is 4.70. The molecule has 3 heterocycles. The molecule has 4 aromatic rings. The van der Waals surface area contributed by atoms with E-state index >= 15 is 0 Å². The van der Waals surface area contributed by atoms with E-state index in [1.54, 1.807) is 11.8 Å². The minimum Gasteiger partial charge on any atom is -0.378 e. The lowest BCUT2D eigenvalue weighted by atomic mass is 10.0. The maximum Gasteiger partial charge on any atom is 0.221 e. The molecule has 3 aromatic heterocycles. The summed E-state index contributed by atoms with van der Waals surface area (Å²) in [6.45, 7) is 3.08. The molecule has 152 valence electrons. The molecule has 0 saturated heterocycles. The van der Waals surface area contributed by atoms with Crippen molar-refractivity contribution in [3.05, 3.63) is 71.7 Å². The Hall–Kier alpha value is -3.65. The molecule has 0 bridgehead atoms. The van der Waals surface area contributed by atoms with Crippen molar-refractivity contribution in [2.24, 2.45) is 0 Å². The van der Waals surface area contributed by atoms with E-state index in [-0.39, 0.29) is 5.95 Å². The number of anilines is 1. The van der Waals surface area contributed by atoms with Gasteiger partial charge in [0.2, 0.25) is 5.95 Å². The van der Waals surface area contributed by atoms with Gasteiger partial charge in [-0.3, -0.25) is 4.98 Å². The minimum atomic E-state index is 0.205. The van der Waals surface area contributed by atoms with Gasteiger partial charge >= 0.3 is 0 Å². The SMILES string of the molecule is CCc1ccccc1-c1cc(-c2cn(Cc3cccc(COC)n3)nn2)nc(N)n1. The Morgan fingerprint density at radius 2 is 1.73 bits per heavy atom. The highest BCUT2D eigenvalue weighted by Crippen LogP contribution is 2.26. The fourth-order valence-electron chi connectivity index (χ4n) is 3.32. The van der Waals surface area contributed by atoms with Gasteiger partial charge in [0, 0.05) is 12.7 Å². The predicted molar refractivity (Wildman–Crippen MR) is 114 cm³/mol. The first-order valence-corrected chi connectivity index (χ1v) is 9.73. The monoisotopic (exact) mass is 401 g/mol. The molecular weight excluding hydrogens is 378 g/mol. The third-order valence-corrected chi connectivity index (χ3v) is 4.70. The van der Waals surface area contributed by atoms with E-state index in [0.29, 0.717) is 24.5 Å². The highest BCUT2D eigenvalue weighted by Gasteiger charge is 2.12. The van der Waals surface area contributed by atoms with E-state index in [2.05, 4.69) is 38.3 Å². The zero-order valence-electron chi connectivity index (χ0n) is 17.0. The molecule has 8 heteroatoms. The molecule has 0 fully saturated rings. The molecule has 8 nitrogen and oxygen atoms in total. The number of nitrogens with two attached hydrogens (primary N) is 1. The summed E-state index contributed by atoms with van der Waals surface area (Å²) in [7, 11) is 1.65. The number of benzene rings is 1. The van der Waals surface area contributed by atoms with Crippen molar-refractivity contribution in [1.29, 1.82) is 0 Å². The average Bonchev–Trinajstić information content (AvgIpc) is 3.22. The lowest BCUT2D eigenvalue weighted by Crippen LogP contribution is -2.04. The van der Waals surface area contributed by atoms with Gasteiger partial charge in [-0.15, -0.1) is 5.10 Å². The van der Waals surface area contributed by atoms with Crippen molar-refractivity contribution < 1.29 is 4.74 Å². The van der Waals surface area contributed by atoms with Gasteiger partial charge in [0.25, 0.3) is 0 Å². The highest BCUT2D eigenvalue weighted by atomic mass is 16.5. The van der Waals surface area contributed by atoms with Crippen molar-refractivity contribution in [3.8, 4) is 22.6 Å². The second-order valence-corrected chi connectivity index (χ2v) is 6.86. The van der Waals surface area contributed by atoms with E-state index in [0.717, 1.165) is 29.1 Å². The van der Waals surface area contributed by atoms with Gasteiger partial charge in [-0.05, 0) is 30.2 Å². The van der Waals surface area contributed by atoms with Gasteiger partial charge in [-0.25, -0.2) is 14.6 Å². The molecule has 0 unspecified atom stereocenters. The van der Waals surface area contributed by atoms with Crippen LogP contribution < -0.4 is 5.73 Å². The minimum absolute atomic E-state index is 0.205. The summed E-state index contributed by atoms with van der Waals surface area (Å²) in [6, 6.07) is 15.9. The van der Waals surface area contributed by atoms with Crippen LogP contribution in [0.5, 0.6) is 0 Å². The van der Waals surface area contributed by atoms with Crippen LogP contribution in [0, 0.1) is 0 Å². The number of hydrogen-bond donors (Lipinski definition) is 1. The van der Waals surface area contributed by atoms with Crippen LogP contribution in [0.2, 0.25) is 0 Å². The van der Waals surface area contributed by atoms with E-state index in [1.165, 1.54) is 5.56 Å². The van der Waals surface area contributed by atoms with Crippen LogP contribution in [0.4, 0.5) is 5.95 Å². The number of aryl methyl sites for hydroxylation is 1. The fourth-order valence-corrected chi connectivity index (χ4v) is 3.32. The van der Waals surface area contributed by atoms with Gasteiger partial charge in [-0.2, -0.15) is 0 Å². The smallest absolute Gasteiger partial charge is 0.221 e. The zero-order valence-corrected chi connectivity index (χ0v) is 17.0. The van der Waals surface area contributed by atoms with Crippen LogP contribution in [-0.2, 0) is 24.3 Å². The molecule has 0 aliphatic heterocycles.